The first-order valence-corrected chi connectivity index (χ1v) is 7.19. The molecule has 0 bridgehead atoms. The third-order valence-corrected chi connectivity index (χ3v) is 3.22. The van der Waals surface area contributed by atoms with Crippen LogP contribution in [0.4, 0.5) is 5.69 Å². The third kappa shape index (κ3) is 4.15. The first-order valence-electron chi connectivity index (χ1n) is 5.99. The van der Waals surface area contributed by atoms with E-state index in [1.807, 2.05) is 43.3 Å². The molecule has 20 heavy (non-hydrogen) atoms. The van der Waals surface area contributed by atoms with Gasteiger partial charge in [0.1, 0.15) is 0 Å². The Morgan fingerprint density at radius 1 is 1.15 bits per heavy atom. The fourth-order valence-corrected chi connectivity index (χ4v) is 2.55. The number of aryl methyl sites for hydroxylation is 1. The summed E-state index contributed by atoms with van der Waals surface area (Å²) in [7, 11) is 0. The van der Waals surface area contributed by atoms with Crippen LogP contribution in [0.3, 0.4) is 0 Å². The molecule has 0 atom stereocenters. The summed E-state index contributed by atoms with van der Waals surface area (Å²) in [5, 5.41) is 5.92. The fraction of sp³-hybridized carbons (Fsp3) is 0.0667. The number of hydrogen-bond donors (Lipinski definition) is 2. The monoisotopic (exact) mass is 348 g/mol. The number of thiocarbonyl (C=S) groups is 1. The molecule has 0 saturated carbocycles. The number of anilines is 1. The number of carbonyl (C=O) groups is 1. The van der Waals surface area contributed by atoms with Gasteiger partial charge >= 0.3 is 0 Å². The summed E-state index contributed by atoms with van der Waals surface area (Å²) in [6.45, 7) is 1.99. The zero-order valence-electron chi connectivity index (χ0n) is 10.8. The molecular formula is C15H13BrN2OS. The second-order valence-electron chi connectivity index (χ2n) is 4.29. The maximum atomic E-state index is 11.9. The van der Waals surface area contributed by atoms with Gasteiger partial charge < -0.3 is 5.32 Å². The molecule has 2 rings (SSSR count). The number of nitrogens with one attached hydrogen (secondary N) is 2. The van der Waals surface area contributed by atoms with Gasteiger partial charge in [-0.25, -0.2) is 0 Å². The van der Waals surface area contributed by atoms with Crippen LogP contribution in [0.5, 0.6) is 0 Å². The van der Waals surface area contributed by atoms with Crippen molar-refractivity contribution in [1.29, 1.82) is 0 Å². The SMILES string of the molecule is Cc1cc(Br)cc(NC(=S)NC(=O)c2ccccc2)c1. The van der Waals surface area contributed by atoms with Gasteiger partial charge in [-0.3, -0.25) is 10.1 Å². The number of amides is 1. The average molecular weight is 349 g/mol. The Morgan fingerprint density at radius 3 is 2.50 bits per heavy atom. The van der Waals surface area contributed by atoms with Crippen LogP contribution in [-0.4, -0.2) is 11.0 Å². The molecule has 5 heteroatoms. The first-order chi connectivity index (χ1) is 9.54. The molecule has 0 unspecified atom stereocenters. The van der Waals surface area contributed by atoms with Gasteiger partial charge in [-0.1, -0.05) is 34.1 Å². The number of halogens is 1. The molecule has 0 spiro atoms. The molecule has 2 aromatic rings. The van der Waals surface area contributed by atoms with E-state index in [2.05, 4.69) is 26.6 Å². The van der Waals surface area contributed by atoms with Gasteiger partial charge in [-0.15, -0.1) is 0 Å². The van der Waals surface area contributed by atoms with Crippen LogP contribution in [0.25, 0.3) is 0 Å². The van der Waals surface area contributed by atoms with Crippen molar-refractivity contribution in [3.63, 3.8) is 0 Å². The normalized spacial score (nSPS) is 9.90. The van der Waals surface area contributed by atoms with E-state index in [0.29, 0.717) is 5.56 Å². The van der Waals surface area contributed by atoms with Gasteiger partial charge in [0.25, 0.3) is 5.91 Å². The molecule has 0 fully saturated rings. The smallest absolute Gasteiger partial charge is 0.257 e. The summed E-state index contributed by atoms with van der Waals surface area (Å²) < 4.78 is 0.956. The highest BCUT2D eigenvalue weighted by Gasteiger charge is 2.07. The van der Waals surface area contributed by atoms with Crippen LogP contribution in [0.2, 0.25) is 0 Å². The largest absolute Gasteiger partial charge is 0.332 e. The van der Waals surface area contributed by atoms with Crippen LogP contribution >= 0.6 is 28.1 Å². The number of rotatable bonds is 2. The lowest BCUT2D eigenvalue weighted by molar-refractivity contribution is 0.0978. The summed E-state index contributed by atoms with van der Waals surface area (Å²) >= 11 is 8.56. The van der Waals surface area contributed by atoms with E-state index in [1.54, 1.807) is 12.1 Å². The second kappa shape index (κ2) is 6.63. The molecule has 102 valence electrons. The second-order valence-corrected chi connectivity index (χ2v) is 5.62. The van der Waals surface area contributed by atoms with Crippen molar-refractivity contribution in [1.82, 2.24) is 5.32 Å². The highest BCUT2D eigenvalue weighted by Crippen LogP contribution is 2.18. The summed E-state index contributed by atoms with van der Waals surface area (Å²) in [6.07, 6.45) is 0. The standard InChI is InChI=1S/C15H13BrN2OS/c1-10-7-12(16)9-13(8-10)17-15(20)18-14(19)11-5-3-2-4-6-11/h2-9H,1H3,(H2,17,18,19,20). The van der Waals surface area contributed by atoms with Crippen molar-refractivity contribution in [2.24, 2.45) is 0 Å². The van der Waals surface area contributed by atoms with E-state index in [1.165, 1.54) is 0 Å². The Bertz CT molecular complexity index is 623. The van der Waals surface area contributed by atoms with Crippen molar-refractivity contribution in [2.45, 2.75) is 6.92 Å². The molecular weight excluding hydrogens is 336 g/mol. The van der Waals surface area contributed by atoms with Crippen LogP contribution < -0.4 is 10.6 Å². The Balaban J connectivity index is 2.01. The van der Waals surface area contributed by atoms with E-state index in [0.717, 1.165) is 15.7 Å². The van der Waals surface area contributed by atoms with Gasteiger partial charge in [0, 0.05) is 15.7 Å². The summed E-state index contributed by atoms with van der Waals surface area (Å²) in [5.41, 5.74) is 2.50. The molecule has 0 aliphatic carbocycles. The molecule has 3 nitrogen and oxygen atoms in total. The molecule has 2 N–H and O–H groups in total. The van der Waals surface area contributed by atoms with Crippen LogP contribution in [0.15, 0.2) is 53.0 Å². The minimum absolute atomic E-state index is 0.227. The maximum Gasteiger partial charge on any atom is 0.257 e. The number of carbonyl (C=O) groups excluding carboxylic acids is 1. The Labute approximate surface area is 131 Å². The van der Waals surface area contributed by atoms with Gasteiger partial charge in [0.2, 0.25) is 0 Å². The Kier molecular flexibility index (Phi) is 4.87. The van der Waals surface area contributed by atoms with Crippen molar-refractivity contribution in [3.8, 4) is 0 Å². The zero-order chi connectivity index (χ0) is 14.5. The summed E-state index contributed by atoms with van der Waals surface area (Å²) in [6, 6.07) is 14.8. The predicted molar refractivity (Wildman–Crippen MR) is 89.0 cm³/mol. The quantitative estimate of drug-likeness (QED) is 0.809. The van der Waals surface area contributed by atoms with E-state index >= 15 is 0 Å². The molecule has 0 heterocycles. The van der Waals surface area contributed by atoms with Crippen molar-refractivity contribution in [3.05, 3.63) is 64.1 Å². The highest BCUT2D eigenvalue weighted by atomic mass is 79.9. The molecule has 0 aliphatic heterocycles. The van der Waals surface area contributed by atoms with Gasteiger partial charge in [-0.05, 0) is 55.0 Å². The van der Waals surface area contributed by atoms with Crippen LogP contribution in [0, 0.1) is 6.92 Å². The lowest BCUT2D eigenvalue weighted by atomic mass is 10.2. The van der Waals surface area contributed by atoms with Gasteiger partial charge in [-0.2, -0.15) is 0 Å². The fourth-order valence-electron chi connectivity index (χ4n) is 1.74. The lowest BCUT2D eigenvalue weighted by Gasteiger charge is -2.10. The van der Waals surface area contributed by atoms with E-state index in [-0.39, 0.29) is 11.0 Å². The van der Waals surface area contributed by atoms with Crippen molar-refractivity contribution < 1.29 is 4.79 Å². The number of benzene rings is 2. The number of hydrogen-bond acceptors (Lipinski definition) is 2. The summed E-state index contributed by atoms with van der Waals surface area (Å²) in [4.78, 5) is 11.9. The molecule has 1 amide bonds. The summed E-state index contributed by atoms with van der Waals surface area (Å²) in [5.74, 6) is -0.227. The van der Waals surface area contributed by atoms with Gasteiger partial charge in [0.15, 0.2) is 5.11 Å². The average Bonchev–Trinajstić information content (AvgIpc) is 2.38. The minimum Gasteiger partial charge on any atom is -0.332 e. The van der Waals surface area contributed by atoms with E-state index in [4.69, 9.17) is 12.2 Å². The molecule has 0 aliphatic rings. The molecule has 0 radical (unpaired) electrons. The first kappa shape index (κ1) is 14.7. The molecule has 0 aromatic heterocycles. The van der Waals surface area contributed by atoms with Crippen LogP contribution in [0.1, 0.15) is 15.9 Å². The maximum absolute atomic E-state index is 11.9. The van der Waals surface area contributed by atoms with Crippen molar-refractivity contribution >= 4 is 44.9 Å². The molecule has 0 saturated heterocycles. The third-order valence-electron chi connectivity index (χ3n) is 2.56. The zero-order valence-corrected chi connectivity index (χ0v) is 13.2. The minimum atomic E-state index is -0.227. The lowest BCUT2D eigenvalue weighted by Crippen LogP contribution is -2.34. The van der Waals surface area contributed by atoms with E-state index < -0.39 is 0 Å². The Morgan fingerprint density at radius 2 is 1.85 bits per heavy atom. The molecule has 2 aromatic carbocycles. The highest BCUT2D eigenvalue weighted by molar-refractivity contribution is 9.10. The predicted octanol–water partition coefficient (Wildman–Crippen LogP) is 3.88. The van der Waals surface area contributed by atoms with Crippen LogP contribution in [-0.2, 0) is 0 Å². The van der Waals surface area contributed by atoms with Gasteiger partial charge in [0.05, 0.1) is 0 Å². The Hall–Kier alpha value is -1.72. The van der Waals surface area contributed by atoms with Crippen molar-refractivity contribution in [2.75, 3.05) is 5.32 Å². The topological polar surface area (TPSA) is 41.1 Å². The van der Waals surface area contributed by atoms with E-state index in [9.17, 15) is 4.79 Å².